The standard InChI is InChI=1S/C12H21N5O/c1-3-12(5-4-6-13-8-12)11(18)14-7-10-16-15-9-17(10)2/h9,13H,3-8H2,1-2H3,(H,14,18). The number of piperidine rings is 1. The summed E-state index contributed by atoms with van der Waals surface area (Å²) in [6, 6.07) is 0. The maximum absolute atomic E-state index is 12.3. The third kappa shape index (κ3) is 2.53. The van der Waals surface area contributed by atoms with E-state index in [0.29, 0.717) is 6.54 Å². The molecule has 0 spiro atoms. The number of hydrogen-bond donors (Lipinski definition) is 2. The van der Waals surface area contributed by atoms with Crippen LogP contribution in [-0.2, 0) is 18.4 Å². The lowest BCUT2D eigenvalue weighted by Gasteiger charge is -2.35. The quantitative estimate of drug-likeness (QED) is 0.802. The first-order chi connectivity index (χ1) is 8.68. The number of rotatable bonds is 4. The zero-order chi connectivity index (χ0) is 13.0. The van der Waals surface area contributed by atoms with Crippen molar-refractivity contribution in [3.63, 3.8) is 0 Å². The second kappa shape index (κ2) is 5.48. The first-order valence-electron chi connectivity index (χ1n) is 6.50. The van der Waals surface area contributed by atoms with Crippen molar-refractivity contribution >= 4 is 5.91 Å². The van der Waals surface area contributed by atoms with Crippen molar-refractivity contribution in [2.75, 3.05) is 13.1 Å². The summed E-state index contributed by atoms with van der Waals surface area (Å²) in [5.74, 6) is 0.901. The average molecular weight is 251 g/mol. The topological polar surface area (TPSA) is 71.8 Å². The van der Waals surface area contributed by atoms with Crippen LogP contribution in [0.2, 0.25) is 0 Å². The fourth-order valence-electron chi connectivity index (χ4n) is 2.44. The van der Waals surface area contributed by atoms with Crippen molar-refractivity contribution in [2.24, 2.45) is 12.5 Å². The second-order valence-corrected chi connectivity index (χ2v) is 4.95. The number of aryl methyl sites for hydroxylation is 1. The maximum Gasteiger partial charge on any atom is 0.227 e. The molecule has 2 N–H and O–H groups in total. The summed E-state index contributed by atoms with van der Waals surface area (Å²) in [7, 11) is 1.87. The molecule has 2 rings (SSSR count). The number of carbonyl (C=O) groups excluding carboxylic acids is 1. The third-order valence-corrected chi connectivity index (χ3v) is 3.84. The normalized spacial score (nSPS) is 23.9. The Hall–Kier alpha value is -1.43. The Balaban J connectivity index is 1.96. The van der Waals surface area contributed by atoms with Crippen LogP contribution in [0.1, 0.15) is 32.0 Å². The van der Waals surface area contributed by atoms with Crippen molar-refractivity contribution in [2.45, 2.75) is 32.7 Å². The first kappa shape index (κ1) is 13.0. The highest BCUT2D eigenvalue weighted by atomic mass is 16.2. The molecule has 6 nitrogen and oxygen atoms in total. The van der Waals surface area contributed by atoms with Gasteiger partial charge in [-0.3, -0.25) is 4.79 Å². The Labute approximate surface area is 107 Å². The van der Waals surface area contributed by atoms with Crippen LogP contribution in [0.15, 0.2) is 6.33 Å². The first-order valence-corrected chi connectivity index (χ1v) is 6.50. The van der Waals surface area contributed by atoms with E-state index in [2.05, 4.69) is 27.8 Å². The molecule has 1 aromatic rings. The van der Waals surface area contributed by atoms with Gasteiger partial charge in [0, 0.05) is 13.6 Å². The van der Waals surface area contributed by atoms with E-state index in [4.69, 9.17) is 0 Å². The molecular weight excluding hydrogens is 230 g/mol. The maximum atomic E-state index is 12.3. The summed E-state index contributed by atoms with van der Waals surface area (Å²) < 4.78 is 1.82. The van der Waals surface area contributed by atoms with Crippen LogP contribution in [0, 0.1) is 5.41 Å². The van der Waals surface area contributed by atoms with Gasteiger partial charge in [0.25, 0.3) is 0 Å². The molecule has 0 radical (unpaired) electrons. The van der Waals surface area contributed by atoms with Gasteiger partial charge in [-0.2, -0.15) is 0 Å². The fraction of sp³-hybridized carbons (Fsp3) is 0.750. The summed E-state index contributed by atoms with van der Waals surface area (Å²) in [5.41, 5.74) is -0.253. The van der Waals surface area contributed by atoms with E-state index in [0.717, 1.165) is 38.2 Å². The molecule has 0 aromatic carbocycles. The minimum atomic E-state index is -0.253. The van der Waals surface area contributed by atoms with Crippen LogP contribution in [0.4, 0.5) is 0 Å². The minimum Gasteiger partial charge on any atom is -0.348 e. The van der Waals surface area contributed by atoms with Gasteiger partial charge in [0.2, 0.25) is 5.91 Å². The van der Waals surface area contributed by atoms with Gasteiger partial charge in [0.1, 0.15) is 6.33 Å². The molecule has 1 unspecified atom stereocenters. The van der Waals surface area contributed by atoms with E-state index in [1.54, 1.807) is 6.33 Å². The van der Waals surface area contributed by atoms with E-state index in [1.165, 1.54) is 0 Å². The molecule has 1 aromatic heterocycles. The zero-order valence-corrected chi connectivity index (χ0v) is 11.1. The number of carbonyl (C=O) groups is 1. The van der Waals surface area contributed by atoms with Gasteiger partial charge in [-0.1, -0.05) is 6.92 Å². The molecule has 1 atom stereocenters. The molecule has 1 saturated heterocycles. The smallest absolute Gasteiger partial charge is 0.227 e. The van der Waals surface area contributed by atoms with E-state index in [9.17, 15) is 4.79 Å². The highest BCUT2D eigenvalue weighted by Gasteiger charge is 2.37. The summed E-state index contributed by atoms with van der Waals surface area (Å²) in [4.78, 5) is 12.3. The van der Waals surface area contributed by atoms with Crippen LogP contribution in [0.3, 0.4) is 0 Å². The number of nitrogens with one attached hydrogen (secondary N) is 2. The van der Waals surface area contributed by atoms with Crippen molar-refractivity contribution < 1.29 is 4.79 Å². The van der Waals surface area contributed by atoms with Gasteiger partial charge in [-0.15, -0.1) is 10.2 Å². The van der Waals surface area contributed by atoms with Crippen molar-refractivity contribution in [1.29, 1.82) is 0 Å². The molecule has 6 heteroatoms. The van der Waals surface area contributed by atoms with Crippen molar-refractivity contribution in [3.05, 3.63) is 12.2 Å². The van der Waals surface area contributed by atoms with Gasteiger partial charge in [-0.25, -0.2) is 0 Å². The Morgan fingerprint density at radius 3 is 3.06 bits per heavy atom. The molecular formula is C12H21N5O. The molecule has 1 aliphatic heterocycles. The van der Waals surface area contributed by atoms with Gasteiger partial charge in [0.05, 0.1) is 12.0 Å². The number of amides is 1. The highest BCUT2D eigenvalue weighted by Crippen LogP contribution is 2.30. The summed E-state index contributed by atoms with van der Waals surface area (Å²) >= 11 is 0. The summed E-state index contributed by atoms with van der Waals surface area (Å²) in [6.45, 7) is 4.30. The highest BCUT2D eigenvalue weighted by molar-refractivity contribution is 5.82. The van der Waals surface area contributed by atoms with E-state index in [1.807, 2.05) is 11.6 Å². The van der Waals surface area contributed by atoms with Gasteiger partial charge in [0.15, 0.2) is 5.82 Å². The third-order valence-electron chi connectivity index (χ3n) is 3.84. The summed E-state index contributed by atoms with van der Waals surface area (Å²) in [6.07, 6.45) is 4.52. The van der Waals surface area contributed by atoms with Crippen LogP contribution >= 0.6 is 0 Å². The van der Waals surface area contributed by atoms with Gasteiger partial charge in [-0.05, 0) is 25.8 Å². The molecule has 1 aliphatic rings. The lowest BCUT2D eigenvalue weighted by Crippen LogP contribution is -2.50. The monoisotopic (exact) mass is 251 g/mol. The largest absolute Gasteiger partial charge is 0.348 e. The van der Waals surface area contributed by atoms with Gasteiger partial charge < -0.3 is 15.2 Å². The molecule has 0 aliphatic carbocycles. The SMILES string of the molecule is CCC1(C(=O)NCc2nncn2C)CCCNC1. The van der Waals surface area contributed by atoms with Crippen LogP contribution < -0.4 is 10.6 Å². The predicted molar refractivity (Wildman–Crippen MR) is 67.7 cm³/mol. The lowest BCUT2D eigenvalue weighted by atomic mass is 9.77. The molecule has 0 bridgehead atoms. The number of aromatic nitrogens is 3. The predicted octanol–water partition coefficient (Wildman–Crippen LogP) is 0.211. The van der Waals surface area contributed by atoms with Crippen LogP contribution in [0.5, 0.6) is 0 Å². The van der Waals surface area contributed by atoms with E-state index < -0.39 is 0 Å². The zero-order valence-electron chi connectivity index (χ0n) is 11.1. The number of nitrogens with zero attached hydrogens (tertiary/aromatic N) is 3. The Morgan fingerprint density at radius 1 is 1.67 bits per heavy atom. The second-order valence-electron chi connectivity index (χ2n) is 4.95. The molecule has 1 fully saturated rings. The van der Waals surface area contributed by atoms with Crippen molar-refractivity contribution in [3.8, 4) is 0 Å². The molecule has 18 heavy (non-hydrogen) atoms. The molecule has 0 saturated carbocycles. The van der Waals surface area contributed by atoms with Crippen LogP contribution in [-0.4, -0.2) is 33.8 Å². The van der Waals surface area contributed by atoms with E-state index >= 15 is 0 Å². The van der Waals surface area contributed by atoms with Crippen LogP contribution in [0.25, 0.3) is 0 Å². The fourth-order valence-corrected chi connectivity index (χ4v) is 2.44. The van der Waals surface area contributed by atoms with E-state index in [-0.39, 0.29) is 11.3 Å². The summed E-state index contributed by atoms with van der Waals surface area (Å²) in [5, 5.41) is 14.1. The molecule has 2 heterocycles. The van der Waals surface area contributed by atoms with Gasteiger partial charge >= 0.3 is 0 Å². The Bertz CT molecular complexity index is 408. The van der Waals surface area contributed by atoms with Crippen molar-refractivity contribution in [1.82, 2.24) is 25.4 Å². The Kier molecular flexibility index (Phi) is 3.96. The minimum absolute atomic E-state index is 0.125. The molecule has 100 valence electrons. The lowest BCUT2D eigenvalue weighted by molar-refractivity contribution is -0.132. The Morgan fingerprint density at radius 2 is 2.50 bits per heavy atom. The average Bonchev–Trinajstić information content (AvgIpc) is 2.82. The molecule has 1 amide bonds. The number of hydrogen-bond acceptors (Lipinski definition) is 4.